The van der Waals surface area contributed by atoms with Crippen LogP contribution < -0.4 is 9.64 Å². The topological polar surface area (TPSA) is 85.0 Å². The maximum Gasteiger partial charge on any atom is 0.282 e. The fourth-order valence-electron chi connectivity index (χ4n) is 3.46. The van der Waals surface area contributed by atoms with Crippen LogP contribution in [0.3, 0.4) is 0 Å². The Bertz CT molecular complexity index is 1250. The fraction of sp³-hybridized carbons (Fsp3) is 0.0833. The van der Waals surface area contributed by atoms with Crippen molar-refractivity contribution in [3.05, 3.63) is 105 Å². The molecule has 0 aromatic heterocycles. The van der Waals surface area contributed by atoms with Crippen molar-refractivity contribution in [1.29, 1.82) is 0 Å². The van der Waals surface area contributed by atoms with Gasteiger partial charge in [-0.3, -0.25) is 19.8 Å². The van der Waals surface area contributed by atoms with Crippen molar-refractivity contribution in [1.82, 2.24) is 0 Å². The molecule has 0 N–H and O–H groups in total. The van der Waals surface area contributed by atoms with E-state index in [0.29, 0.717) is 28.4 Å². The van der Waals surface area contributed by atoms with Gasteiger partial charge in [0.1, 0.15) is 11.4 Å². The van der Waals surface area contributed by atoms with E-state index in [4.69, 9.17) is 4.74 Å². The van der Waals surface area contributed by atoms with E-state index in [9.17, 15) is 14.9 Å². The van der Waals surface area contributed by atoms with Crippen molar-refractivity contribution in [3.8, 4) is 5.75 Å². The lowest BCUT2D eigenvalue weighted by atomic mass is 10.1. The highest BCUT2D eigenvalue weighted by Gasteiger charge is 2.34. The van der Waals surface area contributed by atoms with Crippen LogP contribution in [0.25, 0.3) is 6.08 Å². The molecule has 0 saturated carbocycles. The molecule has 1 heterocycles. The molecule has 4 rings (SSSR count). The molecular formula is C24H19N3O4. The minimum absolute atomic E-state index is 0.0918. The number of nitro groups is 1. The number of amides is 1. The first-order valence-electron chi connectivity index (χ1n) is 9.58. The summed E-state index contributed by atoms with van der Waals surface area (Å²) in [6.45, 7) is 1.94. The van der Waals surface area contributed by atoms with E-state index in [1.165, 1.54) is 17.0 Å². The molecule has 0 aliphatic carbocycles. The molecule has 0 unspecified atom stereocenters. The predicted octanol–water partition coefficient (Wildman–Crippen LogP) is 4.75. The van der Waals surface area contributed by atoms with Crippen LogP contribution >= 0.6 is 0 Å². The fourth-order valence-corrected chi connectivity index (χ4v) is 3.46. The molecule has 1 aliphatic rings. The average molecular weight is 413 g/mol. The van der Waals surface area contributed by atoms with Gasteiger partial charge in [0.2, 0.25) is 0 Å². The first-order valence-corrected chi connectivity index (χ1v) is 9.58. The number of rotatable bonds is 5. The Morgan fingerprint density at radius 2 is 1.77 bits per heavy atom. The van der Waals surface area contributed by atoms with Gasteiger partial charge in [-0.2, -0.15) is 0 Å². The van der Waals surface area contributed by atoms with E-state index in [-0.39, 0.29) is 17.3 Å². The lowest BCUT2D eigenvalue weighted by Crippen LogP contribution is -2.33. The van der Waals surface area contributed by atoms with E-state index >= 15 is 0 Å². The van der Waals surface area contributed by atoms with Gasteiger partial charge in [0.05, 0.1) is 28.8 Å². The molecular weight excluding hydrogens is 394 g/mol. The number of carbonyl (C=O) groups is 1. The smallest absolute Gasteiger partial charge is 0.282 e. The number of hydrogen-bond donors (Lipinski definition) is 0. The molecule has 0 radical (unpaired) electrons. The number of methoxy groups -OCH3 is 1. The van der Waals surface area contributed by atoms with Gasteiger partial charge in [-0.05, 0) is 48.9 Å². The Morgan fingerprint density at radius 3 is 2.52 bits per heavy atom. The summed E-state index contributed by atoms with van der Waals surface area (Å²) in [5, 5.41) is 11.4. The lowest BCUT2D eigenvalue weighted by Gasteiger charge is -2.20. The van der Waals surface area contributed by atoms with E-state index in [1.807, 2.05) is 49.4 Å². The summed E-state index contributed by atoms with van der Waals surface area (Å²) in [6, 6.07) is 21.0. The van der Waals surface area contributed by atoms with Crippen LogP contribution in [0.2, 0.25) is 0 Å². The zero-order valence-electron chi connectivity index (χ0n) is 17.0. The molecule has 31 heavy (non-hydrogen) atoms. The standard InChI is InChI=1S/C24H19N3O4/c1-16-8-7-10-18(14-16)26-23(19-11-4-6-13-22(19)31-2)25-20(24(26)28)15-17-9-3-5-12-21(17)27(29)30/h3-15H,1-2H3/b20-15+. The third kappa shape index (κ3) is 3.81. The molecule has 0 fully saturated rings. The largest absolute Gasteiger partial charge is 0.496 e. The Morgan fingerprint density at radius 1 is 1.03 bits per heavy atom. The van der Waals surface area contributed by atoms with Gasteiger partial charge in [0.25, 0.3) is 11.6 Å². The third-order valence-electron chi connectivity index (χ3n) is 4.89. The van der Waals surface area contributed by atoms with Gasteiger partial charge in [0, 0.05) is 6.07 Å². The molecule has 0 saturated heterocycles. The summed E-state index contributed by atoms with van der Waals surface area (Å²) in [5.74, 6) is 0.598. The third-order valence-corrected chi connectivity index (χ3v) is 4.89. The summed E-state index contributed by atoms with van der Waals surface area (Å²) in [5.41, 5.74) is 2.61. The summed E-state index contributed by atoms with van der Waals surface area (Å²) in [7, 11) is 1.55. The van der Waals surface area contributed by atoms with Crippen LogP contribution in [0.1, 0.15) is 16.7 Å². The lowest BCUT2D eigenvalue weighted by molar-refractivity contribution is -0.385. The van der Waals surface area contributed by atoms with Crippen LogP contribution in [-0.4, -0.2) is 23.8 Å². The highest BCUT2D eigenvalue weighted by Crippen LogP contribution is 2.32. The first kappa shape index (κ1) is 20.0. The summed E-state index contributed by atoms with van der Waals surface area (Å²) in [4.78, 5) is 30.4. The Kier molecular flexibility index (Phi) is 5.32. The van der Waals surface area contributed by atoms with Crippen molar-refractivity contribution < 1.29 is 14.5 Å². The van der Waals surface area contributed by atoms with Crippen molar-refractivity contribution in [2.45, 2.75) is 6.92 Å². The van der Waals surface area contributed by atoms with Crippen molar-refractivity contribution in [2.75, 3.05) is 12.0 Å². The minimum atomic E-state index is -0.477. The Labute approximate surface area is 179 Å². The summed E-state index contributed by atoms with van der Waals surface area (Å²) in [6.07, 6.45) is 1.45. The van der Waals surface area contributed by atoms with Crippen molar-refractivity contribution >= 4 is 29.2 Å². The maximum absolute atomic E-state index is 13.4. The number of para-hydroxylation sites is 2. The number of nitro benzene ring substituents is 1. The number of aryl methyl sites for hydroxylation is 1. The van der Waals surface area contributed by atoms with Gasteiger partial charge < -0.3 is 4.74 Å². The van der Waals surface area contributed by atoms with Gasteiger partial charge >= 0.3 is 0 Å². The quantitative estimate of drug-likeness (QED) is 0.343. The zero-order chi connectivity index (χ0) is 22.0. The predicted molar refractivity (Wildman–Crippen MR) is 119 cm³/mol. The summed E-state index contributed by atoms with van der Waals surface area (Å²) < 4.78 is 5.48. The average Bonchev–Trinajstić information content (AvgIpc) is 3.09. The molecule has 154 valence electrons. The van der Waals surface area contributed by atoms with E-state index in [1.54, 1.807) is 31.4 Å². The highest BCUT2D eigenvalue weighted by atomic mass is 16.6. The number of benzene rings is 3. The Balaban J connectivity index is 1.90. The molecule has 3 aromatic carbocycles. The number of carbonyl (C=O) groups excluding carboxylic acids is 1. The first-order chi connectivity index (χ1) is 15.0. The van der Waals surface area contributed by atoms with E-state index < -0.39 is 4.92 Å². The normalized spacial score (nSPS) is 14.6. The van der Waals surface area contributed by atoms with Crippen LogP contribution in [0.15, 0.2) is 83.5 Å². The van der Waals surface area contributed by atoms with E-state index in [0.717, 1.165) is 5.56 Å². The number of hydrogen-bond acceptors (Lipinski definition) is 5. The number of aliphatic imine (C=N–C) groups is 1. The van der Waals surface area contributed by atoms with Gasteiger partial charge in [-0.25, -0.2) is 4.99 Å². The van der Waals surface area contributed by atoms with Crippen LogP contribution in [0.5, 0.6) is 5.75 Å². The molecule has 0 spiro atoms. The maximum atomic E-state index is 13.4. The molecule has 3 aromatic rings. The molecule has 7 heteroatoms. The second-order valence-corrected chi connectivity index (χ2v) is 6.96. The number of amidine groups is 1. The molecule has 0 bridgehead atoms. The number of anilines is 1. The van der Waals surface area contributed by atoms with Gasteiger partial charge in [-0.1, -0.05) is 36.4 Å². The van der Waals surface area contributed by atoms with E-state index in [2.05, 4.69) is 4.99 Å². The second-order valence-electron chi connectivity index (χ2n) is 6.96. The van der Waals surface area contributed by atoms with Gasteiger partial charge in [0.15, 0.2) is 5.84 Å². The monoisotopic (exact) mass is 413 g/mol. The summed E-state index contributed by atoms with van der Waals surface area (Å²) >= 11 is 0. The Hall–Kier alpha value is -4.26. The number of nitrogens with zero attached hydrogens (tertiary/aromatic N) is 3. The number of ether oxygens (including phenoxy) is 1. The second kappa shape index (κ2) is 8.23. The SMILES string of the molecule is COc1ccccc1C1=N/C(=C/c2ccccc2[N+](=O)[O-])C(=O)N1c1cccc(C)c1. The minimum Gasteiger partial charge on any atom is -0.496 e. The highest BCUT2D eigenvalue weighted by molar-refractivity contribution is 6.33. The van der Waals surface area contributed by atoms with Gasteiger partial charge in [-0.15, -0.1) is 0 Å². The zero-order valence-corrected chi connectivity index (χ0v) is 17.0. The van der Waals surface area contributed by atoms with Crippen LogP contribution in [-0.2, 0) is 4.79 Å². The molecule has 1 amide bonds. The molecule has 1 aliphatic heterocycles. The van der Waals surface area contributed by atoms with Crippen molar-refractivity contribution in [2.24, 2.45) is 4.99 Å². The van der Waals surface area contributed by atoms with Crippen LogP contribution in [0.4, 0.5) is 11.4 Å². The molecule has 0 atom stereocenters. The molecule has 7 nitrogen and oxygen atoms in total. The van der Waals surface area contributed by atoms with Crippen LogP contribution in [0, 0.1) is 17.0 Å². The van der Waals surface area contributed by atoms with Crippen molar-refractivity contribution in [3.63, 3.8) is 0 Å².